The van der Waals surface area contributed by atoms with Crippen LogP contribution < -0.4 is 11.1 Å². The summed E-state index contributed by atoms with van der Waals surface area (Å²) in [6.07, 6.45) is 7.21. The van der Waals surface area contributed by atoms with Crippen molar-refractivity contribution >= 4 is 28.9 Å². The minimum Gasteiger partial charge on any atom is -0.465 e. The van der Waals surface area contributed by atoms with E-state index in [1.807, 2.05) is 20.0 Å². The molecule has 280 valence electrons. The number of carbonyl (C=O) groups is 2. The maximum absolute atomic E-state index is 11.9. The molecule has 13 heteroatoms. The summed E-state index contributed by atoms with van der Waals surface area (Å²) in [6, 6.07) is 21.3. The largest absolute Gasteiger partial charge is 0.465 e. The number of nitrogens with two attached hydrogens (primary N) is 1. The number of carbonyl (C=O) groups excluding carboxylic acids is 1. The zero-order chi connectivity index (χ0) is 37.5. The summed E-state index contributed by atoms with van der Waals surface area (Å²) in [5.41, 5.74) is 12.8. The number of likely N-dealkylation sites (tertiary alicyclic amines) is 2. The summed E-state index contributed by atoms with van der Waals surface area (Å²) < 4.78 is 4.80. The Bertz CT molecular complexity index is 2190. The van der Waals surface area contributed by atoms with Gasteiger partial charge in [-0.2, -0.15) is 0 Å². The number of piperidine rings is 1. The summed E-state index contributed by atoms with van der Waals surface area (Å²) >= 11 is 0. The van der Waals surface area contributed by atoms with Crippen molar-refractivity contribution in [3.63, 3.8) is 0 Å². The predicted octanol–water partition coefficient (Wildman–Crippen LogP) is 7.32. The number of aliphatic imine (C=N–C) groups is 1. The number of benzene rings is 3. The van der Waals surface area contributed by atoms with Gasteiger partial charge in [-0.25, -0.2) is 19.6 Å². The van der Waals surface area contributed by atoms with Gasteiger partial charge in [0.15, 0.2) is 5.96 Å². The molecule has 1 aliphatic carbocycles. The van der Waals surface area contributed by atoms with E-state index in [0.29, 0.717) is 36.8 Å². The van der Waals surface area contributed by atoms with Crippen LogP contribution in [-0.4, -0.2) is 85.3 Å². The lowest BCUT2D eigenvalue weighted by Crippen LogP contribution is -2.46. The van der Waals surface area contributed by atoms with Gasteiger partial charge in [-0.1, -0.05) is 62.4 Å². The molecule has 0 radical (unpaired) electrons. The Hall–Kier alpha value is -5.85. The molecule has 5 atom stereocenters. The predicted molar refractivity (Wildman–Crippen MR) is 208 cm³/mol. The highest BCUT2D eigenvalue weighted by Crippen LogP contribution is 2.49. The van der Waals surface area contributed by atoms with Gasteiger partial charge in [0, 0.05) is 18.2 Å². The number of hydrogen-bond donors (Lipinski definition) is 5. The Morgan fingerprint density at radius 2 is 1.57 bits per heavy atom. The number of rotatable bonds is 9. The summed E-state index contributed by atoms with van der Waals surface area (Å²) in [6.45, 7) is 4.98. The maximum Gasteiger partial charge on any atom is 0.407 e. The SMILES string of the molecule is COC(=O)NC(CN=C(N)N1C2CCC(C2)C1c1ncc(-c2ccc(-c3ccc4cc(-c5cnc(C6CCCN6C(=O)O)[nH]5)ccc4c3)cc2)[nH]1)C(C)C. The van der Waals surface area contributed by atoms with E-state index in [9.17, 15) is 14.7 Å². The number of alkyl carbamates (subject to hydrolysis) is 1. The maximum atomic E-state index is 11.9. The average Bonchev–Trinajstić information content (AvgIpc) is 4.04. The molecule has 5 unspecified atom stereocenters. The number of guanidine groups is 1. The van der Waals surface area contributed by atoms with Crippen molar-refractivity contribution in [2.75, 3.05) is 20.2 Å². The van der Waals surface area contributed by atoms with E-state index in [4.69, 9.17) is 20.4 Å². The monoisotopic (exact) mass is 729 g/mol. The minimum atomic E-state index is -0.905. The second-order valence-electron chi connectivity index (χ2n) is 15.1. The molecule has 8 rings (SSSR count). The van der Waals surface area contributed by atoms with E-state index < -0.39 is 12.2 Å². The van der Waals surface area contributed by atoms with E-state index in [2.05, 4.69) is 85.8 Å². The number of nitrogens with one attached hydrogen (secondary N) is 3. The first-order chi connectivity index (χ1) is 26.2. The van der Waals surface area contributed by atoms with Crippen LogP contribution in [0.5, 0.6) is 0 Å². The third kappa shape index (κ3) is 6.74. The average molecular weight is 730 g/mol. The zero-order valence-corrected chi connectivity index (χ0v) is 30.8. The molecule has 0 spiro atoms. The molecular weight excluding hydrogens is 683 g/mol. The first-order valence-corrected chi connectivity index (χ1v) is 18.8. The zero-order valence-electron chi connectivity index (χ0n) is 30.8. The van der Waals surface area contributed by atoms with Crippen LogP contribution in [0.2, 0.25) is 0 Å². The Kier molecular flexibility index (Phi) is 9.47. The molecule has 3 fully saturated rings. The third-order valence-electron chi connectivity index (χ3n) is 11.6. The molecule has 2 bridgehead atoms. The fourth-order valence-electron chi connectivity index (χ4n) is 8.58. The number of aromatic nitrogens is 4. The molecule has 2 aromatic heterocycles. The minimum absolute atomic E-state index is 0.0228. The topological polar surface area (TPSA) is 178 Å². The smallest absolute Gasteiger partial charge is 0.407 e. The van der Waals surface area contributed by atoms with Gasteiger partial charge in [0.2, 0.25) is 0 Å². The number of H-pyrrole nitrogens is 2. The highest BCUT2D eigenvalue weighted by atomic mass is 16.5. The van der Waals surface area contributed by atoms with Crippen LogP contribution in [0.3, 0.4) is 0 Å². The van der Waals surface area contributed by atoms with Gasteiger partial charge in [-0.15, -0.1) is 0 Å². The molecule has 2 saturated heterocycles. The van der Waals surface area contributed by atoms with Crippen molar-refractivity contribution in [2.45, 2.75) is 70.1 Å². The first kappa shape index (κ1) is 35.2. The molecular formula is C41H47N9O4. The molecule has 2 amide bonds. The van der Waals surface area contributed by atoms with Gasteiger partial charge in [0.05, 0.1) is 55.6 Å². The van der Waals surface area contributed by atoms with Crippen molar-refractivity contribution < 1.29 is 19.4 Å². The quantitative estimate of drug-likeness (QED) is 0.0774. The standard InChI is InChI=1S/C41H47N9O4/c1-23(2)32(48-40(51)54-3)20-45-39(42)50-31-15-14-30(19-31)36(50)38-44-21-33(47-38)25-8-6-24(7-9-25)26-10-11-28-18-29(13-12-27(28)17-26)34-22-43-37(46-34)35-5-4-16-49(35)41(52)53/h6-13,17-18,21-23,30-32,35-36H,4-5,14-16,19-20H2,1-3H3,(H2,42,45)(H,43,46)(H,44,47)(H,48,51)(H,52,53). The molecule has 1 saturated carbocycles. The van der Waals surface area contributed by atoms with Crippen LogP contribution in [0.1, 0.15) is 69.7 Å². The lowest BCUT2D eigenvalue weighted by atomic mass is 9.98. The van der Waals surface area contributed by atoms with Crippen LogP contribution in [0.15, 0.2) is 78.0 Å². The van der Waals surface area contributed by atoms with Crippen molar-refractivity contribution in [2.24, 2.45) is 22.6 Å². The normalized spacial score (nSPS) is 21.7. The number of aromatic amines is 2. The lowest BCUT2D eigenvalue weighted by molar-refractivity contribution is 0.139. The van der Waals surface area contributed by atoms with E-state index in [-0.39, 0.29) is 24.0 Å². The number of amides is 2. The van der Waals surface area contributed by atoms with E-state index in [1.165, 1.54) is 12.0 Å². The van der Waals surface area contributed by atoms with Crippen molar-refractivity contribution in [1.29, 1.82) is 0 Å². The van der Waals surface area contributed by atoms with Gasteiger partial charge in [0.1, 0.15) is 11.6 Å². The number of fused-ring (bicyclic) bond motifs is 3. The van der Waals surface area contributed by atoms with Gasteiger partial charge in [-0.3, -0.25) is 9.89 Å². The number of hydrogen-bond acceptors (Lipinski definition) is 6. The fraction of sp³-hybridized carbons (Fsp3) is 0.390. The highest BCUT2D eigenvalue weighted by Gasteiger charge is 2.48. The van der Waals surface area contributed by atoms with E-state index in [1.54, 1.807) is 6.20 Å². The number of imidazole rings is 2. The van der Waals surface area contributed by atoms with Crippen molar-refractivity contribution in [3.05, 3.63) is 84.7 Å². The summed E-state index contributed by atoms with van der Waals surface area (Å²) in [7, 11) is 1.36. The third-order valence-corrected chi connectivity index (χ3v) is 11.6. The number of nitrogens with zero attached hydrogens (tertiary/aromatic N) is 5. The Morgan fingerprint density at radius 1 is 0.926 bits per heavy atom. The molecule has 13 nitrogen and oxygen atoms in total. The Balaban J connectivity index is 0.960. The van der Waals surface area contributed by atoms with Crippen LogP contribution >= 0.6 is 0 Å². The molecule has 2 aliphatic heterocycles. The van der Waals surface area contributed by atoms with Crippen molar-refractivity contribution in [3.8, 4) is 33.6 Å². The van der Waals surface area contributed by atoms with Gasteiger partial charge in [-0.05, 0) is 83.5 Å². The molecule has 54 heavy (non-hydrogen) atoms. The molecule has 3 aliphatic rings. The molecule has 5 aromatic rings. The number of ether oxygens (including phenoxy) is 1. The van der Waals surface area contributed by atoms with Crippen molar-refractivity contribution in [1.82, 2.24) is 35.1 Å². The van der Waals surface area contributed by atoms with Gasteiger partial charge < -0.3 is 35.8 Å². The highest BCUT2D eigenvalue weighted by molar-refractivity contribution is 5.90. The molecule has 6 N–H and O–H groups in total. The number of carboxylic acid groups (broad SMARTS) is 1. The lowest BCUT2D eigenvalue weighted by Gasteiger charge is -2.35. The fourth-order valence-corrected chi connectivity index (χ4v) is 8.58. The van der Waals surface area contributed by atoms with Gasteiger partial charge >= 0.3 is 12.2 Å². The summed E-state index contributed by atoms with van der Waals surface area (Å²) in [5.74, 6) is 2.69. The van der Waals surface area contributed by atoms with Crippen LogP contribution in [0.25, 0.3) is 44.4 Å². The molecule has 3 aromatic carbocycles. The molecule has 4 heterocycles. The first-order valence-electron chi connectivity index (χ1n) is 18.8. The van der Waals surface area contributed by atoms with E-state index >= 15 is 0 Å². The summed E-state index contributed by atoms with van der Waals surface area (Å²) in [4.78, 5) is 48.4. The van der Waals surface area contributed by atoms with Crippen LogP contribution in [-0.2, 0) is 4.74 Å². The second-order valence-corrected chi connectivity index (χ2v) is 15.1. The van der Waals surface area contributed by atoms with E-state index in [0.717, 1.165) is 82.3 Å². The van der Waals surface area contributed by atoms with Crippen LogP contribution in [0, 0.1) is 11.8 Å². The van der Waals surface area contributed by atoms with Gasteiger partial charge in [0.25, 0.3) is 0 Å². The second kappa shape index (κ2) is 14.5. The van der Waals surface area contributed by atoms with Crippen LogP contribution in [0.4, 0.5) is 9.59 Å². The Labute approximate surface area is 314 Å². The number of methoxy groups -OCH3 is 1. The Morgan fingerprint density at radius 3 is 2.30 bits per heavy atom. The summed E-state index contributed by atoms with van der Waals surface area (Å²) in [5, 5.41) is 14.7.